The molecular weight excluding hydrogens is 480 g/mol. The van der Waals surface area contributed by atoms with E-state index in [-0.39, 0.29) is 5.78 Å². The fourth-order valence-electron chi connectivity index (χ4n) is 3.09. The number of nitrogens with zero attached hydrogens (tertiary/aromatic N) is 2. The summed E-state index contributed by atoms with van der Waals surface area (Å²) >= 11 is 7.16. The van der Waals surface area contributed by atoms with Gasteiger partial charge in [0.05, 0.1) is 0 Å². The summed E-state index contributed by atoms with van der Waals surface area (Å²) in [5, 5.41) is 0. The van der Waals surface area contributed by atoms with Crippen molar-refractivity contribution in [1.29, 1.82) is 0 Å². The third kappa shape index (κ3) is 3.55. The van der Waals surface area contributed by atoms with Crippen molar-refractivity contribution in [3.05, 3.63) is 106 Å². The Balaban J connectivity index is 1.92. The Morgan fingerprint density at radius 1 is 0.607 bits per heavy atom. The van der Waals surface area contributed by atoms with Crippen molar-refractivity contribution < 1.29 is 4.79 Å². The van der Waals surface area contributed by atoms with Crippen LogP contribution in [0, 0.1) is 0 Å². The first-order chi connectivity index (χ1) is 13.7. The molecule has 0 aliphatic carbocycles. The average molecular weight is 494 g/mol. The van der Waals surface area contributed by atoms with Crippen molar-refractivity contribution in [2.45, 2.75) is 0 Å². The molecular formula is C23H14Br2N2O. The lowest BCUT2D eigenvalue weighted by atomic mass is 9.96. The Kier molecular flexibility index (Phi) is 5.46. The first kappa shape index (κ1) is 18.7. The number of hydrogen-bond acceptors (Lipinski definition) is 3. The van der Waals surface area contributed by atoms with Crippen LogP contribution in [-0.4, -0.2) is 15.8 Å². The molecule has 0 atom stereocenters. The fourth-order valence-corrected chi connectivity index (χ4v) is 4.16. The molecule has 4 rings (SSSR count). The van der Waals surface area contributed by atoms with E-state index in [0.29, 0.717) is 11.4 Å². The van der Waals surface area contributed by atoms with Crippen molar-refractivity contribution in [1.82, 2.24) is 9.97 Å². The molecule has 0 fully saturated rings. The summed E-state index contributed by atoms with van der Waals surface area (Å²) in [5.41, 5.74) is 4.08. The van der Waals surface area contributed by atoms with Gasteiger partial charge in [0.1, 0.15) is 11.4 Å². The zero-order chi connectivity index (χ0) is 19.5. The molecule has 5 heteroatoms. The van der Waals surface area contributed by atoms with Gasteiger partial charge in [-0.1, -0.05) is 92.5 Å². The van der Waals surface area contributed by atoms with E-state index >= 15 is 0 Å². The van der Waals surface area contributed by atoms with Crippen molar-refractivity contribution in [3.8, 4) is 22.3 Å². The lowest BCUT2D eigenvalue weighted by Crippen LogP contribution is -2.11. The summed E-state index contributed by atoms with van der Waals surface area (Å²) in [4.78, 5) is 22.4. The maximum absolute atomic E-state index is 13.6. The second-order valence-electron chi connectivity index (χ2n) is 6.09. The quantitative estimate of drug-likeness (QED) is 0.302. The van der Waals surface area contributed by atoms with Crippen LogP contribution in [0.5, 0.6) is 0 Å². The molecule has 0 unspecified atom stereocenters. The van der Waals surface area contributed by atoms with Crippen LogP contribution in [-0.2, 0) is 0 Å². The molecule has 0 N–H and O–H groups in total. The van der Waals surface area contributed by atoms with Crippen LogP contribution in [0.2, 0.25) is 0 Å². The van der Waals surface area contributed by atoms with E-state index in [4.69, 9.17) is 0 Å². The first-order valence-corrected chi connectivity index (χ1v) is 10.2. The van der Waals surface area contributed by atoms with Crippen molar-refractivity contribution in [2.75, 3.05) is 0 Å². The van der Waals surface area contributed by atoms with Gasteiger partial charge in [0.2, 0.25) is 5.78 Å². The number of benzene rings is 2. The van der Waals surface area contributed by atoms with Gasteiger partial charge in [0.15, 0.2) is 0 Å². The molecule has 2 heterocycles. The summed E-state index contributed by atoms with van der Waals surface area (Å²) in [6.45, 7) is 0. The molecule has 0 aliphatic rings. The van der Waals surface area contributed by atoms with Gasteiger partial charge in [0.25, 0.3) is 0 Å². The van der Waals surface area contributed by atoms with Crippen molar-refractivity contribution in [2.24, 2.45) is 0 Å². The van der Waals surface area contributed by atoms with Crippen molar-refractivity contribution >= 4 is 37.6 Å². The van der Waals surface area contributed by atoms with E-state index in [1.54, 1.807) is 12.4 Å². The van der Waals surface area contributed by atoms with Crippen LogP contribution in [0.25, 0.3) is 22.3 Å². The number of carbonyl (C=O) groups excluding carboxylic acids is 1. The maximum Gasteiger partial charge on any atom is 0.230 e. The van der Waals surface area contributed by atoms with Gasteiger partial charge in [-0.3, -0.25) is 14.8 Å². The van der Waals surface area contributed by atoms with E-state index in [2.05, 4.69) is 41.8 Å². The lowest BCUT2D eigenvalue weighted by molar-refractivity contribution is 0.103. The van der Waals surface area contributed by atoms with Gasteiger partial charge in [-0.05, 0) is 23.3 Å². The summed E-state index contributed by atoms with van der Waals surface area (Å²) < 4.78 is 1.63. The zero-order valence-corrected chi connectivity index (χ0v) is 17.8. The minimum atomic E-state index is -0.222. The minimum absolute atomic E-state index is 0.222. The van der Waals surface area contributed by atoms with E-state index < -0.39 is 0 Å². The average Bonchev–Trinajstić information content (AvgIpc) is 2.74. The molecule has 0 saturated carbocycles. The Morgan fingerprint density at radius 2 is 1.00 bits per heavy atom. The number of halogens is 2. The van der Waals surface area contributed by atoms with Gasteiger partial charge < -0.3 is 0 Å². The molecule has 0 amide bonds. The highest BCUT2D eigenvalue weighted by Crippen LogP contribution is 2.35. The van der Waals surface area contributed by atoms with Gasteiger partial charge >= 0.3 is 0 Å². The monoisotopic (exact) mass is 492 g/mol. The summed E-state index contributed by atoms with van der Waals surface area (Å²) in [5.74, 6) is -0.222. The number of ketones is 1. The number of carbonyl (C=O) groups is 1. The number of pyridine rings is 2. The highest BCUT2D eigenvalue weighted by molar-refractivity contribution is 9.11. The summed E-state index contributed by atoms with van der Waals surface area (Å²) in [6, 6.07) is 23.2. The van der Waals surface area contributed by atoms with Crippen molar-refractivity contribution in [3.63, 3.8) is 0 Å². The molecule has 136 valence electrons. The Labute approximate surface area is 179 Å². The predicted molar refractivity (Wildman–Crippen MR) is 118 cm³/mol. The van der Waals surface area contributed by atoms with Crippen LogP contribution in [0.1, 0.15) is 16.2 Å². The third-order valence-electron chi connectivity index (χ3n) is 4.36. The largest absolute Gasteiger partial charge is 0.285 e. The highest BCUT2D eigenvalue weighted by atomic mass is 79.9. The van der Waals surface area contributed by atoms with Crippen LogP contribution in [0.4, 0.5) is 0 Å². The van der Waals surface area contributed by atoms with Crippen LogP contribution >= 0.6 is 31.9 Å². The second kappa shape index (κ2) is 8.17. The molecule has 3 nitrogen and oxygen atoms in total. The van der Waals surface area contributed by atoms with E-state index in [0.717, 1.165) is 31.2 Å². The predicted octanol–water partition coefficient (Wildman–Crippen LogP) is 6.57. The molecule has 0 spiro atoms. The van der Waals surface area contributed by atoms with Gasteiger partial charge in [-0.15, -0.1) is 0 Å². The Morgan fingerprint density at radius 3 is 1.39 bits per heavy atom. The molecule has 0 bridgehead atoms. The lowest BCUT2D eigenvalue weighted by Gasteiger charge is -2.13. The van der Waals surface area contributed by atoms with Crippen LogP contribution < -0.4 is 0 Å². The number of aromatic nitrogens is 2. The molecule has 0 radical (unpaired) electrons. The highest BCUT2D eigenvalue weighted by Gasteiger charge is 2.24. The van der Waals surface area contributed by atoms with E-state index in [1.807, 2.05) is 72.8 Å². The molecule has 4 aromatic rings. The topological polar surface area (TPSA) is 42.9 Å². The van der Waals surface area contributed by atoms with E-state index in [1.165, 1.54) is 0 Å². The van der Waals surface area contributed by atoms with Crippen LogP contribution in [0.3, 0.4) is 0 Å². The van der Waals surface area contributed by atoms with E-state index in [9.17, 15) is 4.79 Å². The Bertz CT molecular complexity index is 1050. The standard InChI is InChI=1S/C23H14Br2N2O/c24-17-11-13-26-21(19(17)15-7-3-1-4-8-15)23(28)22-20(18(25)12-14-27-22)16-9-5-2-6-10-16/h1-14H. The molecule has 28 heavy (non-hydrogen) atoms. The minimum Gasteiger partial charge on any atom is -0.285 e. The smallest absolute Gasteiger partial charge is 0.230 e. The summed E-state index contributed by atoms with van der Waals surface area (Å²) in [6.07, 6.45) is 3.26. The van der Waals surface area contributed by atoms with Crippen LogP contribution in [0.15, 0.2) is 94.1 Å². The molecule has 2 aromatic heterocycles. The summed E-state index contributed by atoms with van der Waals surface area (Å²) in [7, 11) is 0. The zero-order valence-electron chi connectivity index (χ0n) is 14.6. The molecule has 0 saturated heterocycles. The maximum atomic E-state index is 13.6. The fraction of sp³-hybridized carbons (Fsp3) is 0. The van der Waals surface area contributed by atoms with Gasteiger partial charge in [0, 0.05) is 32.5 Å². The molecule has 0 aliphatic heterocycles. The third-order valence-corrected chi connectivity index (χ3v) is 5.68. The normalized spacial score (nSPS) is 10.6. The number of hydrogen-bond donors (Lipinski definition) is 0. The second-order valence-corrected chi connectivity index (χ2v) is 7.80. The van der Waals surface area contributed by atoms with Gasteiger partial charge in [-0.2, -0.15) is 0 Å². The number of rotatable bonds is 4. The Hall–Kier alpha value is -2.63. The molecule has 2 aromatic carbocycles. The SMILES string of the molecule is O=C(c1nccc(Br)c1-c1ccccc1)c1nccc(Br)c1-c1ccccc1. The van der Waals surface area contributed by atoms with Gasteiger partial charge in [-0.25, -0.2) is 0 Å². The first-order valence-electron chi connectivity index (χ1n) is 8.61.